The minimum atomic E-state index is 0.659. The van der Waals surface area contributed by atoms with Gasteiger partial charge >= 0.3 is 0 Å². The Morgan fingerprint density at radius 2 is 0.661 bits per heavy atom. The first kappa shape index (κ1) is 36.8. The third-order valence-corrected chi connectivity index (χ3v) is 11.7. The van der Waals surface area contributed by atoms with Crippen LogP contribution in [-0.2, 0) is 0 Å². The molecule has 0 aliphatic rings. The van der Waals surface area contributed by atoms with Gasteiger partial charge in [-0.1, -0.05) is 212 Å². The first-order valence-electron chi connectivity index (χ1n) is 21.0. The predicted octanol–water partition coefficient (Wildman–Crippen LogP) is 15.5. The lowest BCUT2D eigenvalue weighted by atomic mass is 9.90. The van der Waals surface area contributed by atoms with Gasteiger partial charge in [0.1, 0.15) is 0 Å². The highest BCUT2D eigenvalue weighted by Crippen LogP contribution is 2.42. The lowest BCUT2D eigenvalue weighted by molar-refractivity contribution is 1.18. The molecule has 2 aromatic heterocycles. The number of hydrogen-bond donors (Lipinski definition) is 0. The molecule has 3 nitrogen and oxygen atoms in total. The van der Waals surface area contributed by atoms with Crippen LogP contribution in [0.25, 0.3) is 111 Å². The molecule has 290 valence electrons. The van der Waals surface area contributed by atoms with E-state index in [-0.39, 0.29) is 0 Å². The van der Waals surface area contributed by atoms with Gasteiger partial charge in [-0.15, -0.1) is 0 Å². The monoisotopic (exact) mass is 789 g/mol. The summed E-state index contributed by atoms with van der Waals surface area (Å²) >= 11 is 0. The molecule has 2 heterocycles. The molecule has 11 aromatic rings. The number of nitrogens with zero attached hydrogens (tertiary/aromatic N) is 3. The van der Waals surface area contributed by atoms with Crippen LogP contribution < -0.4 is 0 Å². The van der Waals surface area contributed by atoms with Crippen molar-refractivity contribution < 1.29 is 0 Å². The highest BCUT2D eigenvalue weighted by molar-refractivity contribution is 6.18. The normalized spacial score (nSPS) is 11.2. The Labute approximate surface area is 361 Å². The third kappa shape index (κ3) is 7.12. The Balaban J connectivity index is 1.09. The van der Waals surface area contributed by atoms with Crippen LogP contribution in [0.15, 0.2) is 237 Å². The summed E-state index contributed by atoms with van der Waals surface area (Å²) in [6.07, 6.45) is 0. The summed E-state index contributed by atoms with van der Waals surface area (Å²) in [6, 6.07) is 83.4. The second kappa shape index (κ2) is 16.1. The molecule has 0 saturated heterocycles. The van der Waals surface area contributed by atoms with Gasteiger partial charge in [0.15, 0.2) is 5.82 Å². The summed E-state index contributed by atoms with van der Waals surface area (Å²) in [7, 11) is 0. The molecule has 11 rings (SSSR count). The topological polar surface area (TPSA) is 38.7 Å². The van der Waals surface area contributed by atoms with Gasteiger partial charge in [0.05, 0.1) is 22.6 Å². The predicted molar refractivity (Wildman–Crippen MR) is 258 cm³/mol. The lowest BCUT2D eigenvalue weighted by Gasteiger charge is -2.17. The first-order valence-corrected chi connectivity index (χ1v) is 21.0. The summed E-state index contributed by atoms with van der Waals surface area (Å²) in [6.45, 7) is 0. The number of aromatic nitrogens is 3. The Morgan fingerprint density at radius 1 is 0.242 bits per heavy atom. The standard InChI is InChI=1S/C59H39N3/c1-5-16-40(17-6-1)42-28-32-46(33-29-42)55-39-56(47-34-30-43(31-35-47)41-18-7-2-8-19-41)62-59(61-55)50-26-15-25-48(36-50)53-37-49-24-13-14-27-51(49)57-52(44-20-9-3-10-21-44)38-54(60-58(53)57)45-22-11-4-12-23-45/h1-39H. The van der Waals surface area contributed by atoms with E-state index in [1.807, 2.05) is 12.1 Å². The van der Waals surface area contributed by atoms with E-state index in [9.17, 15) is 0 Å². The van der Waals surface area contributed by atoms with Gasteiger partial charge < -0.3 is 0 Å². The van der Waals surface area contributed by atoms with Crippen molar-refractivity contribution in [2.24, 2.45) is 0 Å². The van der Waals surface area contributed by atoms with Gasteiger partial charge in [-0.2, -0.15) is 0 Å². The van der Waals surface area contributed by atoms with Gasteiger partial charge in [0, 0.05) is 33.2 Å². The van der Waals surface area contributed by atoms with Crippen molar-refractivity contribution in [2.75, 3.05) is 0 Å². The number of hydrogen-bond acceptors (Lipinski definition) is 3. The maximum atomic E-state index is 5.49. The van der Waals surface area contributed by atoms with E-state index in [2.05, 4.69) is 224 Å². The molecule has 0 atom stereocenters. The highest BCUT2D eigenvalue weighted by Gasteiger charge is 2.19. The number of rotatable bonds is 8. The Bertz CT molecular complexity index is 3250. The van der Waals surface area contributed by atoms with Crippen molar-refractivity contribution in [2.45, 2.75) is 0 Å². The maximum Gasteiger partial charge on any atom is 0.160 e. The van der Waals surface area contributed by atoms with E-state index in [0.717, 1.165) is 89.0 Å². The molecule has 0 unspecified atom stereocenters. The van der Waals surface area contributed by atoms with E-state index in [1.54, 1.807) is 0 Å². The van der Waals surface area contributed by atoms with E-state index in [0.29, 0.717) is 5.82 Å². The van der Waals surface area contributed by atoms with E-state index < -0.39 is 0 Å². The van der Waals surface area contributed by atoms with Crippen molar-refractivity contribution in [3.63, 3.8) is 0 Å². The average Bonchev–Trinajstić information content (AvgIpc) is 3.37. The molecule has 62 heavy (non-hydrogen) atoms. The summed E-state index contributed by atoms with van der Waals surface area (Å²) in [4.78, 5) is 16.1. The van der Waals surface area contributed by atoms with Crippen LogP contribution in [0.4, 0.5) is 0 Å². The van der Waals surface area contributed by atoms with Crippen LogP contribution in [0, 0.1) is 0 Å². The van der Waals surface area contributed by atoms with E-state index >= 15 is 0 Å². The largest absolute Gasteiger partial charge is 0.247 e. The molecule has 0 saturated carbocycles. The molecule has 9 aromatic carbocycles. The van der Waals surface area contributed by atoms with E-state index in [1.165, 1.54) is 16.5 Å². The van der Waals surface area contributed by atoms with Crippen molar-refractivity contribution in [3.8, 4) is 89.7 Å². The van der Waals surface area contributed by atoms with Crippen LogP contribution in [0.3, 0.4) is 0 Å². The number of fused-ring (bicyclic) bond motifs is 3. The summed E-state index contributed by atoms with van der Waals surface area (Å²) in [5.74, 6) is 0.659. The average molecular weight is 790 g/mol. The minimum Gasteiger partial charge on any atom is -0.247 e. The van der Waals surface area contributed by atoms with Gasteiger partial charge in [0.2, 0.25) is 0 Å². The fourth-order valence-electron chi connectivity index (χ4n) is 8.54. The smallest absolute Gasteiger partial charge is 0.160 e. The fourth-order valence-corrected chi connectivity index (χ4v) is 8.54. The number of benzene rings is 9. The first-order chi connectivity index (χ1) is 30.7. The minimum absolute atomic E-state index is 0.659. The van der Waals surface area contributed by atoms with Crippen molar-refractivity contribution in [1.29, 1.82) is 0 Å². The van der Waals surface area contributed by atoms with Crippen LogP contribution >= 0.6 is 0 Å². The molecular weight excluding hydrogens is 751 g/mol. The zero-order valence-electron chi connectivity index (χ0n) is 33.9. The van der Waals surface area contributed by atoms with Crippen molar-refractivity contribution in [1.82, 2.24) is 15.0 Å². The zero-order valence-corrected chi connectivity index (χ0v) is 33.9. The third-order valence-electron chi connectivity index (χ3n) is 11.7. The molecule has 0 N–H and O–H groups in total. The molecule has 0 aliphatic heterocycles. The zero-order chi connectivity index (χ0) is 41.2. The van der Waals surface area contributed by atoms with Gasteiger partial charge in [0.25, 0.3) is 0 Å². The molecule has 0 aliphatic carbocycles. The fraction of sp³-hybridized carbons (Fsp3) is 0. The summed E-state index contributed by atoms with van der Waals surface area (Å²) in [5.41, 5.74) is 16.8. The molecule has 0 radical (unpaired) electrons. The van der Waals surface area contributed by atoms with Gasteiger partial charge in [-0.05, 0) is 74.0 Å². The van der Waals surface area contributed by atoms with E-state index in [4.69, 9.17) is 15.0 Å². The summed E-state index contributed by atoms with van der Waals surface area (Å²) in [5, 5.41) is 3.46. The molecule has 0 amide bonds. The molecule has 3 heteroatoms. The van der Waals surface area contributed by atoms with Crippen molar-refractivity contribution >= 4 is 21.7 Å². The quantitative estimate of drug-likeness (QED) is 0.144. The molecule has 0 fully saturated rings. The molecule has 0 spiro atoms. The van der Waals surface area contributed by atoms with Crippen LogP contribution in [0.2, 0.25) is 0 Å². The molecular formula is C59H39N3. The molecule has 0 bridgehead atoms. The maximum absolute atomic E-state index is 5.49. The summed E-state index contributed by atoms with van der Waals surface area (Å²) < 4.78 is 0. The SMILES string of the molecule is c1ccc(-c2ccc(-c3cc(-c4ccc(-c5ccccc5)cc4)nc(-c4cccc(-c5cc6ccccc6c6c(-c7ccccc7)cc(-c7ccccc7)nc56)c4)n3)cc2)cc1. The van der Waals surface area contributed by atoms with Gasteiger partial charge in [-0.25, -0.2) is 15.0 Å². The second-order valence-corrected chi connectivity index (χ2v) is 15.6. The Morgan fingerprint density at radius 3 is 1.24 bits per heavy atom. The number of pyridine rings is 1. The second-order valence-electron chi connectivity index (χ2n) is 15.6. The van der Waals surface area contributed by atoms with Crippen LogP contribution in [-0.4, -0.2) is 15.0 Å². The Kier molecular flexibility index (Phi) is 9.53. The van der Waals surface area contributed by atoms with Crippen LogP contribution in [0.1, 0.15) is 0 Å². The van der Waals surface area contributed by atoms with Gasteiger partial charge in [-0.3, -0.25) is 0 Å². The lowest BCUT2D eigenvalue weighted by Crippen LogP contribution is -1.97. The van der Waals surface area contributed by atoms with Crippen LogP contribution in [0.5, 0.6) is 0 Å². The Hall–Kier alpha value is -8.27. The van der Waals surface area contributed by atoms with Crippen molar-refractivity contribution in [3.05, 3.63) is 237 Å². The highest BCUT2D eigenvalue weighted by atomic mass is 14.9.